The van der Waals surface area contributed by atoms with E-state index in [-0.39, 0.29) is 18.3 Å². The smallest absolute Gasteiger partial charge is 0.339 e. The molecule has 0 bridgehead atoms. The van der Waals surface area contributed by atoms with Crippen molar-refractivity contribution in [3.63, 3.8) is 0 Å². The molecule has 2 aromatic heterocycles. The summed E-state index contributed by atoms with van der Waals surface area (Å²) < 4.78 is 52.2. The first kappa shape index (κ1) is 40.5. The third kappa shape index (κ3) is 9.40. The fourth-order valence-corrected chi connectivity index (χ4v) is 5.34. The lowest BCUT2D eigenvalue weighted by Gasteiger charge is -2.43. The molecule has 1 aliphatic rings. The maximum Gasteiger partial charge on any atom is 0.339 e. The van der Waals surface area contributed by atoms with Crippen LogP contribution >= 0.6 is 0 Å². The highest BCUT2D eigenvalue weighted by molar-refractivity contribution is 5.95. The number of rotatable bonds is 12. The monoisotopic (exact) mass is 760 g/mol. The molecule has 2 amide bonds. The fraction of sp³-hybridized carbons (Fsp3) is 0.455. The minimum Gasteiger partial charge on any atom is -0.467 e. The second-order valence-electron chi connectivity index (χ2n) is 12.3. The average molecular weight is 761 g/mol. The Morgan fingerprint density at radius 1 is 0.907 bits per heavy atom. The number of carbonyl (C=O) groups is 6. The van der Waals surface area contributed by atoms with E-state index in [2.05, 4.69) is 25.8 Å². The van der Waals surface area contributed by atoms with Gasteiger partial charge in [-0.3, -0.25) is 33.3 Å². The molecule has 0 radical (unpaired) electrons. The summed E-state index contributed by atoms with van der Waals surface area (Å²) >= 11 is 0. The first-order chi connectivity index (χ1) is 25.3. The Morgan fingerprint density at radius 2 is 1.50 bits per heavy atom. The summed E-state index contributed by atoms with van der Waals surface area (Å²) in [5.74, 6) is -7.78. The van der Waals surface area contributed by atoms with E-state index in [0.717, 1.165) is 44.6 Å². The zero-order valence-corrected chi connectivity index (χ0v) is 30.3. The van der Waals surface area contributed by atoms with Gasteiger partial charge in [0, 0.05) is 41.3 Å². The van der Waals surface area contributed by atoms with Crippen LogP contribution in [0.2, 0.25) is 0 Å². The van der Waals surface area contributed by atoms with E-state index in [0.29, 0.717) is 5.56 Å². The van der Waals surface area contributed by atoms with Gasteiger partial charge in [-0.15, -0.1) is 10.2 Å². The minimum atomic E-state index is -2.04. The van der Waals surface area contributed by atoms with E-state index in [1.165, 1.54) is 40.0 Å². The van der Waals surface area contributed by atoms with Crippen molar-refractivity contribution in [2.75, 3.05) is 7.11 Å². The second-order valence-corrected chi connectivity index (χ2v) is 12.3. The molecule has 5 atom stereocenters. The third-order valence-electron chi connectivity index (χ3n) is 7.60. The van der Waals surface area contributed by atoms with Crippen LogP contribution in [0, 0.1) is 12.7 Å². The molecule has 20 nitrogen and oxygen atoms in total. The van der Waals surface area contributed by atoms with Crippen molar-refractivity contribution in [1.29, 1.82) is 0 Å². The van der Waals surface area contributed by atoms with E-state index in [9.17, 15) is 38.0 Å². The molecular weight excluding hydrogens is 723 g/mol. The highest BCUT2D eigenvalue weighted by Crippen LogP contribution is 2.32. The molecule has 0 spiro atoms. The zero-order chi connectivity index (χ0) is 40.1. The number of carbonyl (C=O) groups excluding carboxylic acids is 6. The predicted molar refractivity (Wildman–Crippen MR) is 175 cm³/mol. The van der Waals surface area contributed by atoms with Gasteiger partial charge in [0.25, 0.3) is 11.5 Å². The van der Waals surface area contributed by atoms with Gasteiger partial charge in [0.2, 0.25) is 24.0 Å². The van der Waals surface area contributed by atoms with Crippen LogP contribution in [0.15, 0.2) is 33.5 Å². The lowest BCUT2D eigenvalue weighted by molar-refractivity contribution is -0.282. The summed E-state index contributed by atoms with van der Waals surface area (Å²) in [5.41, 5.74) is -2.84. The first-order valence-corrected chi connectivity index (χ1v) is 16.0. The fourth-order valence-electron chi connectivity index (χ4n) is 5.34. The molecule has 1 aromatic carbocycles. The lowest BCUT2D eigenvalue weighted by atomic mass is 9.97. The van der Waals surface area contributed by atoms with Gasteiger partial charge >= 0.3 is 35.7 Å². The Labute approximate surface area is 305 Å². The van der Waals surface area contributed by atoms with Crippen LogP contribution in [0.25, 0.3) is 0 Å². The first-order valence-electron chi connectivity index (χ1n) is 16.0. The van der Waals surface area contributed by atoms with Crippen molar-refractivity contribution in [3.8, 4) is 5.75 Å². The maximum atomic E-state index is 14.2. The van der Waals surface area contributed by atoms with Crippen LogP contribution in [-0.2, 0) is 62.0 Å². The summed E-state index contributed by atoms with van der Waals surface area (Å²) in [6.45, 7) is 7.13. The van der Waals surface area contributed by atoms with Crippen molar-refractivity contribution in [1.82, 2.24) is 30.4 Å². The standard InChI is InChI=1S/C33H37FN6O14/c1-14-38-39-28(49-14)27(45)37-33(5,6)32-36-20(26(44)35-13-18-9-11-19(34)12-10-18)21(29(46)40(32)7)53-31-25(52-17(4)43)23(51-16(3)42)22(50-15(2)41)24(54-31)30(47)48-8/h9-12,22-25,31H,13H2,1-8H3,(H,35,44)(H,37,45). The zero-order valence-electron chi connectivity index (χ0n) is 30.3. The highest BCUT2D eigenvalue weighted by Gasteiger charge is 2.56. The molecule has 1 fully saturated rings. The van der Waals surface area contributed by atoms with Crippen LogP contribution in [-0.4, -0.2) is 93.3 Å². The van der Waals surface area contributed by atoms with E-state index >= 15 is 0 Å². The molecule has 1 saturated heterocycles. The molecule has 54 heavy (non-hydrogen) atoms. The largest absolute Gasteiger partial charge is 0.467 e. The number of amides is 2. The Kier molecular flexibility index (Phi) is 12.5. The number of halogens is 1. The molecular formula is C33H37FN6O14. The number of esters is 4. The molecule has 3 heterocycles. The molecule has 290 valence electrons. The van der Waals surface area contributed by atoms with E-state index in [1.54, 1.807) is 0 Å². The van der Waals surface area contributed by atoms with Gasteiger partial charge in [0.1, 0.15) is 11.6 Å². The van der Waals surface area contributed by atoms with Gasteiger partial charge < -0.3 is 43.5 Å². The summed E-state index contributed by atoms with van der Waals surface area (Å²) in [5, 5.41) is 12.5. The van der Waals surface area contributed by atoms with E-state index < -0.39 is 101 Å². The molecule has 21 heteroatoms. The van der Waals surface area contributed by atoms with Crippen LogP contribution in [0.4, 0.5) is 4.39 Å². The molecule has 1 aliphatic heterocycles. The molecule has 0 saturated carbocycles. The number of nitrogens with one attached hydrogen (secondary N) is 2. The summed E-state index contributed by atoms with van der Waals surface area (Å²) in [4.78, 5) is 95.1. The van der Waals surface area contributed by atoms with Crippen LogP contribution in [0.3, 0.4) is 0 Å². The van der Waals surface area contributed by atoms with Gasteiger partial charge in [0.15, 0.2) is 24.0 Å². The normalized spacial score (nSPS) is 19.5. The van der Waals surface area contributed by atoms with Crippen molar-refractivity contribution in [3.05, 3.63) is 69.3 Å². The molecule has 2 N–H and O–H groups in total. The molecule has 0 aliphatic carbocycles. The minimum absolute atomic E-state index is 0.103. The van der Waals surface area contributed by atoms with Crippen molar-refractivity contribution in [2.45, 2.75) is 84.3 Å². The number of benzene rings is 1. The lowest BCUT2D eigenvalue weighted by Crippen LogP contribution is -2.64. The van der Waals surface area contributed by atoms with Crippen molar-refractivity contribution in [2.24, 2.45) is 7.05 Å². The van der Waals surface area contributed by atoms with Crippen LogP contribution in [0.5, 0.6) is 5.75 Å². The highest BCUT2D eigenvalue weighted by atomic mass is 19.1. The third-order valence-corrected chi connectivity index (χ3v) is 7.60. The topological polar surface area (TPSA) is 256 Å². The van der Waals surface area contributed by atoms with Gasteiger partial charge in [-0.1, -0.05) is 12.1 Å². The number of hydrogen-bond donors (Lipinski definition) is 2. The number of aromatic nitrogens is 4. The Hall–Kier alpha value is -6.25. The number of ether oxygens (including phenoxy) is 6. The second kappa shape index (κ2) is 16.6. The summed E-state index contributed by atoms with van der Waals surface area (Å²) in [6.07, 6.45) is -9.31. The Morgan fingerprint density at radius 3 is 2.06 bits per heavy atom. The Balaban J connectivity index is 1.86. The Bertz CT molecular complexity index is 2000. The van der Waals surface area contributed by atoms with E-state index in [1.807, 2.05) is 0 Å². The average Bonchev–Trinajstić information content (AvgIpc) is 3.53. The van der Waals surface area contributed by atoms with Gasteiger partial charge in [-0.05, 0) is 31.5 Å². The van der Waals surface area contributed by atoms with E-state index in [4.69, 9.17) is 32.8 Å². The van der Waals surface area contributed by atoms with Gasteiger partial charge in [-0.2, -0.15) is 0 Å². The quantitative estimate of drug-likeness (QED) is 0.186. The van der Waals surface area contributed by atoms with Crippen molar-refractivity contribution < 1.29 is 66.0 Å². The van der Waals surface area contributed by atoms with Crippen molar-refractivity contribution >= 4 is 35.7 Å². The molecule has 3 aromatic rings. The number of methoxy groups -OCH3 is 1. The molecule has 5 unspecified atom stereocenters. The summed E-state index contributed by atoms with van der Waals surface area (Å²) in [7, 11) is 2.22. The SMILES string of the molecule is COC(=O)C1OC(Oc2c(C(=O)NCc3ccc(F)cc3)nc(C(C)(C)NC(=O)c3nnc(C)o3)n(C)c2=O)C(OC(C)=O)C(OC(C)=O)C1OC(C)=O. The van der Waals surface area contributed by atoms with Crippen LogP contribution < -0.4 is 20.9 Å². The molecule has 4 rings (SSSR count). The number of hydrogen-bond acceptors (Lipinski definition) is 17. The predicted octanol–water partition coefficient (Wildman–Crippen LogP) is 0.278. The number of aryl methyl sites for hydroxylation is 1. The van der Waals surface area contributed by atoms with Crippen LogP contribution in [0.1, 0.15) is 73.1 Å². The van der Waals surface area contributed by atoms with Gasteiger partial charge in [-0.25, -0.2) is 14.2 Å². The summed E-state index contributed by atoms with van der Waals surface area (Å²) in [6, 6.07) is 5.12. The number of nitrogens with zero attached hydrogens (tertiary/aromatic N) is 4. The van der Waals surface area contributed by atoms with Gasteiger partial charge in [0.05, 0.1) is 12.6 Å². The maximum absolute atomic E-state index is 14.2.